The molecule has 0 radical (unpaired) electrons. The number of benzene rings is 1. The van der Waals surface area contributed by atoms with E-state index in [1.165, 1.54) is 24.3 Å². The molecule has 0 atom stereocenters. The number of nitrogens with two attached hydrogens (primary N) is 1. The lowest BCUT2D eigenvalue weighted by atomic mass is 10.2. The lowest BCUT2D eigenvalue weighted by Gasteiger charge is -1.98. The van der Waals surface area contributed by atoms with Crippen molar-refractivity contribution in [1.29, 1.82) is 0 Å². The lowest BCUT2D eigenvalue weighted by Crippen LogP contribution is -2.05. The molecule has 1 aromatic carbocycles. The molecule has 0 fully saturated rings. The van der Waals surface area contributed by atoms with Crippen LogP contribution in [0.3, 0.4) is 0 Å². The summed E-state index contributed by atoms with van der Waals surface area (Å²) >= 11 is 0. The zero-order valence-electron chi connectivity index (χ0n) is 8.35. The zero-order chi connectivity index (χ0) is 11.5. The zero-order valence-corrected chi connectivity index (χ0v) is 8.35. The van der Waals surface area contributed by atoms with Crippen molar-refractivity contribution < 1.29 is 9.18 Å². The van der Waals surface area contributed by atoms with E-state index in [-0.39, 0.29) is 5.82 Å². The normalized spacial score (nSPS) is 11.1. The monoisotopic (exact) mass is 216 g/mol. The highest BCUT2D eigenvalue weighted by molar-refractivity contribution is 5.90. The smallest absolute Gasteiger partial charge is 0.241 e. The van der Waals surface area contributed by atoms with Crippen LogP contribution in [-0.2, 0) is 4.79 Å². The number of fused-ring (bicyclic) bond motifs is 1. The van der Waals surface area contributed by atoms with Crippen LogP contribution < -0.4 is 5.73 Å². The maximum Gasteiger partial charge on any atom is 0.241 e. The number of halogens is 1. The summed E-state index contributed by atoms with van der Waals surface area (Å²) in [6, 6.07) is 7.78. The van der Waals surface area contributed by atoms with E-state index in [2.05, 4.69) is 4.98 Å². The Balaban J connectivity index is 2.44. The van der Waals surface area contributed by atoms with Gasteiger partial charge in [0.25, 0.3) is 0 Å². The maximum atomic E-state index is 12.9. The number of carbonyl (C=O) groups excluding carboxylic acids is 1. The third-order valence-corrected chi connectivity index (χ3v) is 2.09. The predicted molar refractivity (Wildman–Crippen MR) is 59.9 cm³/mol. The molecular formula is C12H9FN2O. The van der Waals surface area contributed by atoms with E-state index in [0.717, 1.165) is 5.39 Å². The fourth-order valence-electron chi connectivity index (χ4n) is 1.37. The summed E-state index contributed by atoms with van der Waals surface area (Å²) in [5, 5.41) is 0.719. The topological polar surface area (TPSA) is 56.0 Å². The second kappa shape index (κ2) is 4.10. The molecule has 2 rings (SSSR count). The first-order chi connectivity index (χ1) is 7.65. The van der Waals surface area contributed by atoms with Crippen LogP contribution in [0.5, 0.6) is 0 Å². The fourth-order valence-corrected chi connectivity index (χ4v) is 1.37. The minimum atomic E-state index is -0.527. The van der Waals surface area contributed by atoms with Gasteiger partial charge in [-0.1, -0.05) is 6.07 Å². The molecular weight excluding hydrogens is 207 g/mol. The summed E-state index contributed by atoms with van der Waals surface area (Å²) in [7, 11) is 0. The van der Waals surface area contributed by atoms with Gasteiger partial charge in [0.05, 0.1) is 11.2 Å². The summed E-state index contributed by atoms with van der Waals surface area (Å²) < 4.78 is 12.9. The second-order valence-corrected chi connectivity index (χ2v) is 3.31. The van der Waals surface area contributed by atoms with Crippen LogP contribution in [-0.4, -0.2) is 10.9 Å². The van der Waals surface area contributed by atoms with Crippen molar-refractivity contribution in [3.63, 3.8) is 0 Å². The Hall–Kier alpha value is -2.23. The van der Waals surface area contributed by atoms with E-state index in [1.54, 1.807) is 18.2 Å². The summed E-state index contributed by atoms with van der Waals surface area (Å²) in [6.07, 6.45) is 2.75. The lowest BCUT2D eigenvalue weighted by molar-refractivity contribution is -0.113. The van der Waals surface area contributed by atoms with Crippen molar-refractivity contribution >= 4 is 22.9 Å². The fraction of sp³-hybridized carbons (Fsp3) is 0. The molecule has 1 aromatic heterocycles. The van der Waals surface area contributed by atoms with Crippen molar-refractivity contribution in [2.75, 3.05) is 0 Å². The average molecular weight is 216 g/mol. The third kappa shape index (κ3) is 2.23. The Morgan fingerprint density at radius 2 is 2.12 bits per heavy atom. The van der Waals surface area contributed by atoms with Crippen molar-refractivity contribution in [3.8, 4) is 0 Å². The van der Waals surface area contributed by atoms with E-state index in [4.69, 9.17) is 5.73 Å². The third-order valence-electron chi connectivity index (χ3n) is 2.09. The van der Waals surface area contributed by atoms with Crippen LogP contribution >= 0.6 is 0 Å². The Bertz CT molecular complexity index is 578. The van der Waals surface area contributed by atoms with Crippen LogP contribution in [0.4, 0.5) is 4.39 Å². The number of hydrogen-bond donors (Lipinski definition) is 1. The molecule has 0 saturated carbocycles. The molecule has 1 heterocycles. The van der Waals surface area contributed by atoms with Gasteiger partial charge in [-0.2, -0.15) is 0 Å². The van der Waals surface area contributed by atoms with Gasteiger partial charge in [-0.25, -0.2) is 9.37 Å². The number of hydrogen-bond acceptors (Lipinski definition) is 2. The van der Waals surface area contributed by atoms with Gasteiger partial charge in [-0.05, 0) is 30.3 Å². The number of primary amides is 1. The van der Waals surface area contributed by atoms with Crippen molar-refractivity contribution in [2.45, 2.75) is 0 Å². The summed E-state index contributed by atoms with van der Waals surface area (Å²) in [4.78, 5) is 14.8. The molecule has 0 bridgehead atoms. The van der Waals surface area contributed by atoms with Gasteiger partial charge in [0.2, 0.25) is 5.91 Å². The molecule has 0 aliphatic heterocycles. The second-order valence-electron chi connectivity index (χ2n) is 3.31. The highest BCUT2D eigenvalue weighted by Gasteiger charge is 1.98. The molecule has 2 aromatic rings. The van der Waals surface area contributed by atoms with Crippen LogP contribution in [0.2, 0.25) is 0 Å². The first-order valence-electron chi connectivity index (χ1n) is 4.69. The average Bonchev–Trinajstić information content (AvgIpc) is 2.26. The van der Waals surface area contributed by atoms with E-state index in [1.807, 2.05) is 0 Å². The van der Waals surface area contributed by atoms with E-state index < -0.39 is 5.91 Å². The number of rotatable bonds is 2. The Labute approximate surface area is 91.4 Å². The Morgan fingerprint density at radius 1 is 1.31 bits per heavy atom. The van der Waals surface area contributed by atoms with Crippen LogP contribution in [0.25, 0.3) is 17.0 Å². The first kappa shape index (κ1) is 10.3. The highest BCUT2D eigenvalue weighted by atomic mass is 19.1. The number of amides is 1. The Morgan fingerprint density at radius 3 is 2.88 bits per heavy atom. The van der Waals surface area contributed by atoms with Gasteiger partial charge < -0.3 is 5.73 Å². The highest BCUT2D eigenvalue weighted by Crippen LogP contribution is 2.14. The molecule has 0 aliphatic carbocycles. The van der Waals surface area contributed by atoms with Gasteiger partial charge >= 0.3 is 0 Å². The Kier molecular flexibility index (Phi) is 2.64. The van der Waals surface area contributed by atoms with Gasteiger partial charge in [0, 0.05) is 11.5 Å². The van der Waals surface area contributed by atoms with Gasteiger partial charge in [0.15, 0.2) is 0 Å². The summed E-state index contributed by atoms with van der Waals surface area (Å²) in [5.41, 5.74) is 6.25. The van der Waals surface area contributed by atoms with Crippen LogP contribution in [0.1, 0.15) is 5.69 Å². The number of carbonyl (C=O) groups is 1. The molecule has 16 heavy (non-hydrogen) atoms. The maximum absolute atomic E-state index is 12.9. The molecule has 0 unspecified atom stereocenters. The van der Waals surface area contributed by atoms with Crippen LogP contribution in [0.15, 0.2) is 36.4 Å². The summed E-state index contributed by atoms with van der Waals surface area (Å²) in [6.45, 7) is 0. The first-order valence-corrected chi connectivity index (χ1v) is 4.69. The minimum absolute atomic E-state index is 0.297. The van der Waals surface area contributed by atoms with Crippen molar-refractivity contribution in [1.82, 2.24) is 4.98 Å². The molecule has 2 N–H and O–H groups in total. The number of aromatic nitrogens is 1. The molecule has 1 amide bonds. The quantitative estimate of drug-likeness (QED) is 0.779. The standard InChI is InChI=1S/C12H9FN2O/c13-9-2-5-11-8(7-9)1-3-10(15-11)4-6-12(14)16/h1-7H,(H2,14,16)/b6-4+. The van der Waals surface area contributed by atoms with Gasteiger partial charge in [-0.15, -0.1) is 0 Å². The van der Waals surface area contributed by atoms with Gasteiger partial charge in [0.1, 0.15) is 5.82 Å². The molecule has 3 nitrogen and oxygen atoms in total. The van der Waals surface area contributed by atoms with E-state index in [0.29, 0.717) is 11.2 Å². The number of pyridine rings is 1. The predicted octanol–water partition coefficient (Wildman–Crippen LogP) is 1.87. The van der Waals surface area contributed by atoms with Crippen molar-refractivity contribution in [2.24, 2.45) is 5.73 Å². The minimum Gasteiger partial charge on any atom is -0.366 e. The van der Waals surface area contributed by atoms with Crippen LogP contribution in [0, 0.1) is 5.82 Å². The summed E-state index contributed by atoms with van der Waals surface area (Å²) in [5.74, 6) is -0.823. The molecule has 0 saturated heterocycles. The number of nitrogens with zero attached hydrogens (tertiary/aromatic N) is 1. The SMILES string of the molecule is NC(=O)/C=C/c1ccc2cc(F)ccc2n1. The molecule has 0 aliphatic rings. The molecule has 80 valence electrons. The van der Waals surface area contributed by atoms with E-state index in [9.17, 15) is 9.18 Å². The van der Waals surface area contributed by atoms with Gasteiger partial charge in [-0.3, -0.25) is 4.79 Å². The van der Waals surface area contributed by atoms with E-state index >= 15 is 0 Å². The largest absolute Gasteiger partial charge is 0.366 e. The molecule has 4 heteroatoms. The van der Waals surface area contributed by atoms with Crippen molar-refractivity contribution in [3.05, 3.63) is 47.9 Å². The molecule has 0 spiro atoms.